The highest BCUT2D eigenvalue weighted by molar-refractivity contribution is 6.27. The average Bonchev–Trinajstić information content (AvgIpc) is 2.60. The van der Waals surface area contributed by atoms with E-state index in [9.17, 15) is 9.59 Å². The Morgan fingerprint density at radius 2 is 2.12 bits per heavy atom. The molecule has 2 amide bonds. The zero-order valence-electron chi connectivity index (χ0n) is 15.5. The number of amides is 2. The molecule has 144 valence electrons. The molecule has 2 fully saturated rings. The molecular formula is C19H28ClN3O3. The lowest BCUT2D eigenvalue weighted by atomic mass is 9.89. The second-order valence-corrected chi connectivity index (χ2v) is 8.08. The van der Waals surface area contributed by atoms with Gasteiger partial charge < -0.3 is 20.3 Å². The molecule has 0 saturated carbocycles. The molecule has 0 bridgehead atoms. The summed E-state index contributed by atoms with van der Waals surface area (Å²) in [6, 6.07) is 0.795. The van der Waals surface area contributed by atoms with Crippen molar-refractivity contribution in [3.63, 3.8) is 0 Å². The summed E-state index contributed by atoms with van der Waals surface area (Å²) in [5, 5.41) is 5.83. The van der Waals surface area contributed by atoms with Crippen molar-refractivity contribution in [1.82, 2.24) is 15.5 Å². The Balaban J connectivity index is 1.62. The number of ether oxygens (including phenoxy) is 1. The van der Waals surface area contributed by atoms with Crippen LogP contribution in [0, 0.1) is 5.92 Å². The average molecular weight is 382 g/mol. The van der Waals surface area contributed by atoms with Gasteiger partial charge in [0.15, 0.2) is 5.00 Å². The number of rotatable bonds is 4. The van der Waals surface area contributed by atoms with E-state index in [4.69, 9.17) is 16.3 Å². The van der Waals surface area contributed by atoms with Crippen molar-refractivity contribution in [1.29, 1.82) is 0 Å². The number of carbonyl (C=O) groups excluding carboxylic acids is 2. The predicted octanol–water partition coefficient (Wildman–Crippen LogP) is 1.91. The van der Waals surface area contributed by atoms with E-state index in [1.807, 2.05) is 0 Å². The molecule has 0 radical (unpaired) electrons. The Hall–Kier alpha value is -1.53. The zero-order chi connectivity index (χ0) is 18.7. The van der Waals surface area contributed by atoms with Gasteiger partial charge in [-0.25, -0.2) is 0 Å². The Morgan fingerprint density at radius 1 is 1.31 bits per heavy atom. The highest BCUT2D eigenvalue weighted by atomic mass is 35.5. The molecule has 0 aromatic heterocycles. The molecule has 4 unspecified atom stereocenters. The maximum Gasteiger partial charge on any atom is 0.234 e. The fraction of sp³-hybridized carbons (Fsp3) is 0.684. The van der Waals surface area contributed by atoms with Gasteiger partial charge in [0.2, 0.25) is 11.8 Å². The SMILES string of the molecule is COC1=CC(Cl)(NC(C)=O)C=CC1C(=O)NC1CCN2CCCCC2C1. The number of carbonyl (C=O) groups is 2. The van der Waals surface area contributed by atoms with Crippen LogP contribution in [0.25, 0.3) is 0 Å². The van der Waals surface area contributed by atoms with Gasteiger partial charge in [-0.2, -0.15) is 0 Å². The van der Waals surface area contributed by atoms with Crippen molar-refractivity contribution < 1.29 is 14.3 Å². The summed E-state index contributed by atoms with van der Waals surface area (Å²) in [6.07, 6.45) is 10.7. The van der Waals surface area contributed by atoms with Crippen LogP contribution in [0.1, 0.15) is 39.0 Å². The van der Waals surface area contributed by atoms with Crippen LogP contribution in [0.4, 0.5) is 0 Å². The second-order valence-electron chi connectivity index (χ2n) is 7.45. The van der Waals surface area contributed by atoms with Crippen molar-refractivity contribution in [3.05, 3.63) is 24.0 Å². The summed E-state index contributed by atoms with van der Waals surface area (Å²) in [5.74, 6) is -0.405. The van der Waals surface area contributed by atoms with Gasteiger partial charge in [-0.3, -0.25) is 9.59 Å². The maximum absolute atomic E-state index is 12.8. The first-order valence-corrected chi connectivity index (χ1v) is 9.76. The third-order valence-electron chi connectivity index (χ3n) is 5.49. The number of alkyl halides is 1. The van der Waals surface area contributed by atoms with Crippen LogP contribution in [0.15, 0.2) is 24.0 Å². The normalized spacial score (nSPS) is 34.4. The van der Waals surface area contributed by atoms with Crippen LogP contribution < -0.4 is 10.6 Å². The first-order chi connectivity index (χ1) is 12.4. The fourth-order valence-corrected chi connectivity index (χ4v) is 4.55. The molecule has 0 aromatic carbocycles. The Bertz CT molecular complexity index is 621. The van der Waals surface area contributed by atoms with E-state index in [1.165, 1.54) is 39.8 Å². The Morgan fingerprint density at radius 3 is 2.85 bits per heavy atom. The van der Waals surface area contributed by atoms with Gasteiger partial charge in [0.05, 0.1) is 7.11 Å². The molecule has 7 heteroatoms. The van der Waals surface area contributed by atoms with Crippen LogP contribution in [0.5, 0.6) is 0 Å². The van der Waals surface area contributed by atoms with Crippen LogP contribution in [0.2, 0.25) is 0 Å². The molecule has 1 aliphatic carbocycles. The van der Waals surface area contributed by atoms with Crippen molar-refractivity contribution in [2.45, 2.75) is 56.1 Å². The monoisotopic (exact) mass is 381 g/mol. The van der Waals surface area contributed by atoms with Crippen molar-refractivity contribution in [2.75, 3.05) is 20.2 Å². The van der Waals surface area contributed by atoms with Gasteiger partial charge in [-0.1, -0.05) is 24.1 Å². The number of nitrogens with one attached hydrogen (secondary N) is 2. The van der Waals surface area contributed by atoms with E-state index in [-0.39, 0.29) is 17.9 Å². The molecule has 6 nitrogen and oxygen atoms in total. The minimum atomic E-state index is -1.15. The topological polar surface area (TPSA) is 70.7 Å². The van der Waals surface area contributed by atoms with Crippen LogP contribution >= 0.6 is 11.6 Å². The number of hydrogen-bond acceptors (Lipinski definition) is 4. The number of piperidine rings is 2. The number of halogens is 1. The zero-order valence-corrected chi connectivity index (χ0v) is 16.2. The highest BCUT2D eigenvalue weighted by Crippen LogP contribution is 2.30. The van der Waals surface area contributed by atoms with E-state index < -0.39 is 10.9 Å². The van der Waals surface area contributed by atoms with E-state index in [0.29, 0.717) is 11.8 Å². The largest absolute Gasteiger partial charge is 0.500 e. The number of hydrogen-bond donors (Lipinski definition) is 2. The van der Waals surface area contributed by atoms with Crippen LogP contribution in [-0.2, 0) is 14.3 Å². The van der Waals surface area contributed by atoms with Gasteiger partial charge >= 0.3 is 0 Å². The quantitative estimate of drug-likeness (QED) is 0.443. The first kappa shape index (κ1) is 19.2. The summed E-state index contributed by atoms with van der Waals surface area (Å²) < 4.78 is 5.38. The molecule has 2 N–H and O–H groups in total. The van der Waals surface area contributed by atoms with Crippen molar-refractivity contribution in [3.8, 4) is 0 Å². The summed E-state index contributed by atoms with van der Waals surface area (Å²) in [5.41, 5.74) is 0. The molecule has 3 aliphatic rings. The number of methoxy groups -OCH3 is 1. The molecule has 26 heavy (non-hydrogen) atoms. The highest BCUT2D eigenvalue weighted by Gasteiger charge is 2.36. The smallest absolute Gasteiger partial charge is 0.234 e. The van der Waals surface area contributed by atoms with Crippen LogP contribution in [-0.4, -0.2) is 54.0 Å². The summed E-state index contributed by atoms with van der Waals surface area (Å²) >= 11 is 6.37. The Labute approximate surface area is 160 Å². The predicted molar refractivity (Wildman–Crippen MR) is 100 cm³/mol. The van der Waals surface area contributed by atoms with E-state index in [0.717, 1.165) is 19.4 Å². The third kappa shape index (κ3) is 4.41. The van der Waals surface area contributed by atoms with E-state index >= 15 is 0 Å². The van der Waals surface area contributed by atoms with Gasteiger partial charge in [0.1, 0.15) is 11.7 Å². The third-order valence-corrected chi connectivity index (χ3v) is 5.82. The van der Waals surface area contributed by atoms with Gasteiger partial charge in [-0.15, -0.1) is 0 Å². The van der Waals surface area contributed by atoms with Gasteiger partial charge in [0, 0.05) is 25.6 Å². The van der Waals surface area contributed by atoms with Crippen molar-refractivity contribution in [2.24, 2.45) is 5.92 Å². The maximum atomic E-state index is 12.8. The lowest BCUT2D eigenvalue weighted by Crippen LogP contribution is -2.52. The molecule has 3 rings (SSSR count). The lowest BCUT2D eigenvalue weighted by Gasteiger charge is -2.42. The molecular weight excluding hydrogens is 354 g/mol. The second kappa shape index (κ2) is 8.01. The fourth-order valence-electron chi connectivity index (χ4n) is 4.24. The molecule has 0 spiro atoms. The number of nitrogens with zero attached hydrogens (tertiary/aromatic N) is 1. The summed E-state index contributed by atoms with van der Waals surface area (Å²) in [4.78, 5) is 25.5. The van der Waals surface area contributed by atoms with Gasteiger partial charge in [0.25, 0.3) is 0 Å². The summed E-state index contributed by atoms with van der Waals surface area (Å²) in [7, 11) is 1.51. The van der Waals surface area contributed by atoms with E-state index in [2.05, 4.69) is 15.5 Å². The minimum absolute atomic E-state index is 0.0786. The molecule has 2 saturated heterocycles. The minimum Gasteiger partial charge on any atom is -0.500 e. The number of fused-ring (bicyclic) bond motifs is 1. The standard InChI is InChI=1S/C19H28ClN3O3/c1-13(24)22-19(20)8-6-16(17(12-19)26-2)18(25)21-14-7-10-23-9-4-3-5-15(23)11-14/h6,8,12,14-16H,3-5,7,9-11H2,1-2H3,(H,21,25)(H,22,24). The first-order valence-electron chi connectivity index (χ1n) is 9.38. The lowest BCUT2D eigenvalue weighted by molar-refractivity contribution is -0.124. The van der Waals surface area contributed by atoms with Gasteiger partial charge in [-0.05, 0) is 44.4 Å². The molecule has 0 aromatic rings. The molecule has 4 atom stereocenters. The molecule has 2 heterocycles. The van der Waals surface area contributed by atoms with Crippen molar-refractivity contribution >= 4 is 23.4 Å². The summed E-state index contributed by atoms with van der Waals surface area (Å²) in [6.45, 7) is 3.64. The van der Waals surface area contributed by atoms with E-state index in [1.54, 1.807) is 18.2 Å². The Kier molecular flexibility index (Phi) is 5.92. The molecule has 2 aliphatic heterocycles. The van der Waals surface area contributed by atoms with Crippen LogP contribution in [0.3, 0.4) is 0 Å².